The maximum absolute atomic E-state index is 2.64. The second-order valence-corrected chi connectivity index (χ2v) is 3.90. The second-order valence-electron chi connectivity index (χ2n) is 3.90. The Labute approximate surface area is 140 Å². The van der Waals surface area contributed by atoms with Crippen molar-refractivity contribution < 1.29 is 58.3 Å². The molecule has 2 nitrogen and oxygen atoms in total. The van der Waals surface area contributed by atoms with Gasteiger partial charge in [-0.3, -0.25) is 0 Å². The molecule has 0 rings (SSSR count). The smallest absolute Gasteiger partial charge is 1.00 e. The molecule has 0 aromatic heterocycles. The zero-order valence-electron chi connectivity index (χ0n) is 12.3. The summed E-state index contributed by atoms with van der Waals surface area (Å²) in [5.74, 6) is 0. The molecule has 15 heavy (non-hydrogen) atoms. The van der Waals surface area contributed by atoms with Crippen LogP contribution in [-0.2, 0) is 0 Å². The zero-order chi connectivity index (χ0) is 9.94. The molecule has 0 bridgehead atoms. The summed E-state index contributed by atoms with van der Waals surface area (Å²) in [5, 5.41) is 0. The van der Waals surface area contributed by atoms with E-state index in [0.717, 1.165) is 0 Å². The third kappa shape index (κ3) is 15.6. The zero-order valence-corrected chi connectivity index (χ0v) is 14.4. The van der Waals surface area contributed by atoms with Crippen molar-refractivity contribution in [3.63, 3.8) is 0 Å². The van der Waals surface area contributed by atoms with Crippen molar-refractivity contribution in [3.05, 3.63) is 0 Å². The summed E-state index contributed by atoms with van der Waals surface area (Å²) in [4.78, 5) is 2.64. The average molecular weight is 243 g/mol. The third-order valence-electron chi connectivity index (χ3n) is 2.48. The van der Waals surface area contributed by atoms with Gasteiger partial charge in [-0.25, -0.2) is 0 Å². The topological polar surface area (TPSA) is 34.7 Å². The predicted molar refractivity (Wildman–Crippen MR) is 65.9 cm³/mol. The fraction of sp³-hybridized carbons (Fsp3) is 1.00. The van der Waals surface area contributed by atoms with E-state index in [1.807, 2.05) is 0 Å². The quantitative estimate of drug-likeness (QED) is 0.524. The first-order chi connectivity index (χ1) is 6.35. The molecule has 90 valence electrons. The Bertz CT molecular complexity index is 88.0. The number of hydrogen-bond acceptors (Lipinski definition) is 1. The minimum absolute atomic E-state index is 0. The maximum atomic E-state index is 2.64. The van der Waals surface area contributed by atoms with E-state index in [9.17, 15) is 0 Å². The van der Waals surface area contributed by atoms with Crippen LogP contribution in [0.1, 0.15) is 60.7 Å². The van der Waals surface area contributed by atoms with Crippen LogP contribution in [0, 0.1) is 0 Å². The molecule has 0 amide bonds. The van der Waals surface area contributed by atoms with E-state index in [4.69, 9.17) is 0 Å². The monoisotopic (exact) mass is 243 g/mol. The van der Waals surface area contributed by atoms with Gasteiger partial charge in [-0.05, 0) is 38.9 Å². The van der Waals surface area contributed by atoms with Crippen LogP contribution in [-0.4, -0.2) is 30.0 Å². The van der Waals surface area contributed by atoms with Crippen molar-refractivity contribution in [2.45, 2.75) is 59.3 Å². The molecular weight excluding hydrogens is 213 g/mol. The summed E-state index contributed by atoms with van der Waals surface area (Å²) in [7, 11) is 0. The Balaban J connectivity index is -0.000000240. The summed E-state index contributed by atoms with van der Waals surface area (Å²) in [6.45, 7) is 10.8. The van der Waals surface area contributed by atoms with Crippen LogP contribution in [0.2, 0.25) is 0 Å². The standard InChI is InChI=1S/C12H27N.K.H2O.H/c1-4-7-10-13(11-8-5-2)12-9-6-3;;;/h4-12H2,1-3H3;;1H2;/q;+1;;-1. The van der Waals surface area contributed by atoms with E-state index in [1.165, 1.54) is 58.2 Å². The molecule has 0 heterocycles. The summed E-state index contributed by atoms with van der Waals surface area (Å²) in [6.07, 6.45) is 8.09. The van der Waals surface area contributed by atoms with Gasteiger partial charge in [-0.1, -0.05) is 40.0 Å². The van der Waals surface area contributed by atoms with Crippen LogP contribution in [0.25, 0.3) is 0 Å². The van der Waals surface area contributed by atoms with Gasteiger partial charge in [0.15, 0.2) is 0 Å². The normalized spacial score (nSPS) is 9.60. The van der Waals surface area contributed by atoms with Gasteiger partial charge >= 0.3 is 51.4 Å². The van der Waals surface area contributed by atoms with E-state index in [-0.39, 0.29) is 58.3 Å². The van der Waals surface area contributed by atoms with Gasteiger partial charge in [0.2, 0.25) is 0 Å². The first-order valence-electron chi connectivity index (χ1n) is 6.07. The van der Waals surface area contributed by atoms with Gasteiger partial charge in [0.1, 0.15) is 0 Å². The largest absolute Gasteiger partial charge is 1.00 e. The molecule has 0 unspecified atom stereocenters. The average Bonchev–Trinajstić information content (AvgIpc) is 2.17. The first-order valence-corrected chi connectivity index (χ1v) is 6.07. The fourth-order valence-corrected chi connectivity index (χ4v) is 1.48. The molecule has 2 N–H and O–H groups in total. The van der Waals surface area contributed by atoms with Crippen LogP contribution >= 0.6 is 0 Å². The van der Waals surface area contributed by atoms with E-state index in [2.05, 4.69) is 25.7 Å². The van der Waals surface area contributed by atoms with Crippen molar-refractivity contribution in [3.8, 4) is 0 Å². The molecule has 0 aliphatic carbocycles. The summed E-state index contributed by atoms with van der Waals surface area (Å²) >= 11 is 0. The van der Waals surface area contributed by atoms with Crippen LogP contribution in [0.5, 0.6) is 0 Å². The SMILES string of the molecule is CCCCN(CCCC)CCCC.O.[H-].[K+]. The van der Waals surface area contributed by atoms with Gasteiger partial charge in [0.05, 0.1) is 0 Å². The second kappa shape index (κ2) is 17.9. The van der Waals surface area contributed by atoms with Gasteiger partial charge in [0, 0.05) is 0 Å². The molecule has 0 spiro atoms. The molecule has 0 aromatic rings. The Kier molecular flexibility index (Phi) is 26.1. The van der Waals surface area contributed by atoms with Crippen LogP contribution in [0.15, 0.2) is 0 Å². The Morgan fingerprint density at radius 1 is 0.733 bits per heavy atom. The molecule has 0 radical (unpaired) electrons. The van der Waals surface area contributed by atoms with E-state index in [0.29, 0.717) is 0 Å². The predicted octanol–water partition coefficient (Wildman–Crippen LogP) is -0.0195. The number of nitrogens with zero attached hydrogens (tertiary/aromatic N) is 1. The Morgan fingerprint density at radius 2 is 1.00 bits per heavy atom. The van der Waals surface area contributed by atoms with Gasteiger partial charge < -0.3 is 11.8 Å². The molecule has 3 heteroatoms. The van der Waals surface area contributed by atoms with Crippen LogP contribution in [0.4, 0.5) is 0 Å². The molecule has 0 aliphatic heterocycles. The Morgan fingerprint density at radius 3 is 1.20 bits per heavy atom. The van der Waals surface area contributed by atoms with Gasteiger partial charge in [0.25, 0.3) is 0 Å². The van der Waals surface area contributed by atoms with Crippen LogP contribution in [0.3, 0.4) is 0 Å². The number of unbranched alkanes of at least 4 members (excludes halogenated alkanes) is 3. The number of hydrogen-bond donors (Lipinski definition) is 0. The van der Waals surface area contributed by atoms with E-state index < -0.39 is 0 Å². The summed E-state index contributed by atoms with van der Waals surface area (Å²) in [6, 6.07) is 0. The van der Waals surface area contributed by atoms with Crippen molar-refractivity contribution in [1.82, 2.24) is 4.90 Å². The molecule has 0 aliphatic rings. The molecule has 0 fully saturated rings. The van der Waals surface area contributed by atoms with Crippen molar-refractivity contribution in [2.24, 2.45) is 0 Å². The first kappa shape index (κ1) is 21.8. The fourth-order valence-electron chi connectivity index (χ4n) is 1.48. The van der Waals surface area contributed by atoms with Crippen LogP contribution < -0.4 is 51.4 Å². The third-order valence-corrected chi connectivity index (χ3v) is 2.48. The summed E-state index contributed by atoms with van der Waals surface area (Å²) < 4.78 is 0. The van der Waals surface area contributed by atoms with Gasteiger partial charge in [-0.15, -0.1) is 0 Å². The minimum atomic E-state index is 0. The maximum Gasteiger partial charge on any atom is 1.00 e. The minimum Gasteiger partial charge on any atom is -1.00 e. The van der Waals surface area contributed by atoms with Crippen molar-refractivity contribution >= 4 is 0 Å². The number of rotatable bonds is 9. The van der Waals surface area contributed by atoms with Gasteiger partial charge in [-0.2, -0.15) is 0 Å². The molecule has 0 saturated heterocycles. The molecule has 0 atom stereocenters. The molecule has 0 aromatic carbocycles. The summed E-state index contributed by atoms with van der Waals surface area (Å²) in [5.41, 5.74) is 0. The molecule has 0 saturated carbocycles. The van der Waals surface area contributed by atoms with Crippen molar-refractivity contribution in [1.29, 1.82) is 0 Å². The Hall–Kier alpha value is 1.56. The molecular formula is C12H30KNO. The van der Waals surface area contributed by atoms with Crippen molar-refractivity contribution in [2.75, 3.05) is 19.6 Å². The van der Waals surface area contributed by atoms with E-state index in [1.54, 1.807) is 0 Å². The van der Waals surface area contributed by atoms with E-state index >= 15 is 0 Å².